The average molecular weight is 397 g/mol. The molecule has 0 aliphatic heterocycles. The first-order valence-electron chi connectivity index (χ1n) is 7.52. The highest BCUT2D eigenvalue weighted by Crippen LogP contribution is 2.31. The Morgan fingerprint density at radius 3 is 2.44 bits per heavy atom. The van der Waals surface area contributed by atoms with Gasteiger partial charge in [-0.15, -0.1) is 0 Å². The number of nitrogens with zero attached hydrogens (tertiary/aromatic N) is 3. The summed E-state index contributed by atoms with van der Waals surface area (Å²) in [5.74, 6) is 1.74. The van der Waals surface area contributed by atoms with E-state index in [1.807, 2.05) is 48.5 Å². The Kier molecular flexibility index (Phi) is 4.07. The quantitative estimate of drug-likeness (QED) is 0.546. The molecule has 2 aromatic carbocycles. The van der Waals surface area contributed by atoms with E-state index in [4.69, 9.17) is 9.26 Å². The summed E-state index contributed by atoms with van der Waals surface area (Å²) in [6, 6.07) is 15.4. The number of aromatic nitrogens is 4. The van der Waals surface area contributed by atoms with Crippen molar-refractivity contribution in [3.05, 3.63) is 59.2 Å². The van der Waals surface area contributed by atoms with Crippen LogP contribution in [0.3, 0.4) is 0 Å². The molecule has 0 spiro atoms. The highest BCUT2D eigenvalue weighted by Gasteiger charge is 2.17. The van der Waals surface area contributed by atoms with Crippen LogP contribution in [0.4, 0.5) is 0 Å². The molecular formula is C18H13BrN4O2. The standard InChI is InChI=1S/C18H13BrN4O2/c1-24-14-8-4-11(5-9-14)16-15(10-20-22-16)18-21-17(23-25-18)12-2-6-13(19)7-3-12/h2-10H,1H3,(H,20,22). The Balaban J connectivity index is 1.69. The van der Waals surface area contributed by atoms with Crippen LogP contribution in [0.15, 0.2) is 63.7 Å². The van der Waals surface area contributed by atoms with E-state index in [2.05, 4.69) is 36.3 Å². The van der Waals surface area contributed by atoms with Gasteiger partial charge in [0.05, 0.1) is 24.6 Å². The van der Waals surface area contributed by atoms with E-state index in [0.717, 1.165) is 32.6 Å². The number of hydrogen-bond acceptors (Lipinski definition) is 5. The minimum Gasteiger partial charge on any atom is -0.497 e. The molecule has 0 saturated carbocycles. The van der Waals surface area contributed by atoms with Crippen LogP contribution < -0.4 is 4.74 Å². The molecule has 4 rings (SSSR count). The van der Waals surface area contributed by atoms with Gasteiger partial charge in [0, 0.05) is 15.6 Å². The molecule has 2 heterocycles. The second kappa shape index (κ2) is 6.52. The Hall–Kier alpha value is -2.93. The maximum Gasteiger partial charge on any atom is 0.262 e. The topological polar surface area (TPSA) is 76.8 Å². The van der Waals surface area contributed by atoms with Gasteiger partial charge in [-0.05, 0) is 48.5 Å². The van der Waals surface area contributed by atoms with Crippen molar-refractivity contribution in [2.24, 2.45) is 0 Å². The number of nitrogens with one attached hydrogen (secondary N) is 1. The lowest BCUT2D eigenvalue weighted by Gasteiger charge is -2.02. The number of hydrogen-bond donors (Lipinski definition) is 1. The van der Waals surface area contributed by atoms with Crippen molar-refractivity contribution in [3.8, 4) is 39.8 Å². The van der Waals surface area contributed by atoms with Crippen LogP contribution in [-0.4, -0.2) is 27.4 Å². The molecule has 0 bridgehead atoms. The van der Waals surface area contributed by atoms with Gasteiger partial charge in [0.25, 0.3) is 5.89 Å². The fourth-order valence-corrected chi connectivity index (χ4v) is 2.74. The number of aromatic amines is 1. The first-order chi connectivity index (χ1) is 12.2. The van der Waals surface area contributed by atoms with Crippen molar-refractivity contribution < 1.29 is 9.26 Å². The van der Waals surface area contributed by atoms with Gasteiger partial charge in [0.1, 0.15) is 5.75 Å². The van der Waals surface area contributed by atoms with Crippen molar-refractivity contribution in [2.75, 3.05) is 7.11 Å². The normalized spacial score (nSPS) is 10.8. The summed E-state index contributed by atoms with van der Waals surface area (Å²) < 4.78 is 11.6. The molecule has 6 nitrogen and oxygen atoms in total. The van der Waals surface area contributed by atoms with E-state index >= 15 is 0 Å². The summed E-state index contributed by atoms with van der Waals surface area (Å²) in [6.45, 7) is 0. The van der Waals surface area contributed by atoms with E-state index in [0.29, 0.717) is 11.7 Å². The maximum absolute atomic E-state index is 5.44. The number of benzene rings is 2. The SMILES string of the molecule is COc1ccc(-c2[nH]ncc2-c2nc(-c3ccc(Br)cc3)no2)cc1. The molecule has 0 aliphatic carbocycles. The minimum absolute atomic E-state index is 0.414. The summed E-state index contributed by atoms with van der Waals surface area (Å²) in [7, 11) is 1.64. The Labute approximate surface area is 152 Å². The van der Waals surface area contributed by atoms with Gasteiger partial charge in [0.15, 0.2) is 0 Å². The van der Waals surface area contributed by atoms with Crippen LogP contribution >= 0.6 is 15.9 Å². The van der Waals surface area contributed by atoms with Gasteiger partial charge < -0.3 is 9.26 Å². The first kappa shape index (κ1) is 15.6. The molecule has 0 unspecified atom stereocenters. The highest BCUT2D eigenvalue weighted by atomic mass is 79.9. The van der Waals surface area contributed by atoms with E-state index in [1.165, 1.54) is 0 Å². The molecule has 2 aromatic heterocycles. The molecule has 25 heavy (non-hydrogen) atoms. The van der Waals surface area contributed by atoms with Gasteiger partial charge in [-0.3, -0.25) is 5.10 Å². The minimum atomic E-state index is 0.414. The van der Waals surface area contributed by atoms with Crippen molar-refractivity contribution >= 4 is 15.9 Å². The zero-order valence-corrected chi connectivity index (χ0v) is 14.8. The van der Waals surface area contributed by atoms with Crippen LogP contribution in [0.5, 0.6) is 5.75 Å². The molecule has 0 amide bonds. The smallest absolute Gasteiger partial charge is 0.262 e. The van der Waals surface area contributed by atoms with Crippen molar-refractivity contribution in [3.63, 3.8) is 0 Å². The lowest BCUT2D eigenvalue weighted by Crippen LogP contribution is -1.85. The molecule has 124 valence electrons. The Bertz CT molecular complexity index is 991. The van der Waals surface area contributed by atoms with Crippen molar-refractivity contribution in [1.29, 1.82) is 0 Å². The number of H-pyrrole nitrogens is 1. The van der Waals surface area contributed by atoms with Gasteiger partial charge in [0.2, 0.25) is 5.82 Å². The predicted molar refractivity (Wildman–Crippen MR) is 97.0 cm³/mol. The molecule has 0 fully saturated rings. The van der Waals surface area contributed by atoms with Crippen molar-refractivity contribution in [1.82, 2.24) is 20.3 Å². The lowest BCUT2D eigenvalue weighted by molar-refractivity contribution is 0.415. The van der Waals surface area contributed by atoms with Crippen molar-refractivity contribution in [2.45, 2.75) is 0 Å². The second-order valence-corrected chi connectivity index (χ2v) is 6.23. The number of rotatable bonds is 4. The second-order valence-electron chi connectivity index (χ2n) is 5.32. The van der Waals surface area contributed by atoms with E-state index in [-0.39, 0.29) is 0 Å². The Morgan fingerprint density at radius 2 is 1.72 bits per heavy atom. The monoisotopic (exact) mass is 396 g/mol. The lowest BCUT2D eigenvalue weighted by atomic mass is 10.1. The largest absolute Gasteiger partial charge is 0.497 e. The van der Waals surface area contributed by atoms with E-state index in [1.54, 1.807) is 13.3 Å². The van der Waals surface area contributed by atoms with Gasteiger partial charge in [-0.2, -0.15) is 10.1 Å². The molecule has 0 aliphatic rings. The molecular weight excluding hydrogens is 384 g/mol. The summed E-state index contributed by atoms with van der Waals surface area (Å²) in [5, 5.41) is 11.2. The maximum atomic E-state index is 5.44. The van der Waals surface area contributed by atoms with Crippen LogP contribution in [0.2, 0.25) is 0 Å². The fourth-order valence-electron chi connectivity index (χ4n) is 2.48. The zero-order chi connectivity index (χ0) is 17.2. The summed E-state index contributed by atoms with van der Waals surface area (Å²) in [6.07, 6.45) is 1.68. The fraction of sp³-hybridized carbons (Fsp3) is 0.0556. The summed E-state index contributed by atoms with van der Waals surface area (Å²) in [5.41, 5.74) is 3.40. The summed E-state index contributed by atoms with van der Waals surface area (Å²) in [4.78, 5) is 4.49. The first-order valence-corrected chi connectivity index (χ1v) is 8.32. The van der Waals surface area contributed by atoms with Crippen LogP contribution in [0.1, 0.15) is 0 Å². The van der Waals surface area contributed by atoms with Gasteiger partial charge in [-0.25, -0.2) is 0 Å². The highest BCUT2D eigenvalue weighted by molar-refractivity contribution is 9.10. The molecule has 4 aromatic rings. The number of ether oxygens (including phenoxy) is 1. The van der Waals surface area contributed by atoms with Crippen LogP contribution in [0.25, 0.3) is 34.1 Å². The third kappa shape index (κ3) is 3.06. The molecule has 0 radical (unpaired) electrons. The predicted octanol–water partition coefficient (Wildman–Crippen LogP) is 4.56. The molecule has 1 N–H and O–H groups in total. The summed E-state index contributed by atoms with van der Waals surface area (Å²) >= 11 is 3.41. The molecule has 0 atom stereocenters. The van der Waals surface area contributed by atoms with Gasteiger partial charge >= 0.3 is 0 Å². The third-order valence-corrected chi connectivity index (χ3v) is 4.31. The van der Waals surface area contributed by atoms with E-state index in [9.17, 15) is 0 Å². The van der Waals surface area contributed by atoms with E-state index < -0.39 is 0 Å². The average Bonchev–Trinajstić information content (AvgIpc) is 3.31. The third-order valence-electron chi connectivity index (χ3n) is 3.78. The van der Waals surface area contributed by atoms with Gasteiger partial charge in [-0.1, -0.05) is 21.1 Å². The molecule has 0 saturated heterocycles. The number of methoxy groups -OCH3 is 1. The van der Waals surface area contributed by atoms with Crippen LogP contribution in [-0.2, 0) is 0 Å². The zero-order valence-electron chi connectivity index (χ0n) is 13.2. The number of halogens is 1. The molecule has 7 heteroatoms. The Morgan fingerprint density at radius 1 is 1.00 bits per heavy atom. The van der Waals surface area contributed by atoms with Crippen LogP contribution in [0, 0.1) is 0 Å².